The third-order valence-corrected chi connectivity index (χ3v) is 7.79. The summed E-state index contributed by atoms with van der Waals surface area (Å²) in [5.74, 6) is -0.983. The number of hydrogen-bond donors (Lipinski definition) is 1. The van der Waals surface area contributed by atoms with Gasteiger partial charge in [0, 0.05) is 42.7 Å². The Morgan fingerprint density at radius 1 is 1.12 bits per heavy atom. The number of halogens is 4. The second kappa shape index (κ2) is 10.3. The Hall–Kier alpha value is -3.86. The Morgan fingerprint density at radius 2 is 1.82 bits per heavy atom. The molecule has 0 radical (unpaired) electrons. The lowest BCUT2D eigenvalue weighted by Gasteiger charge is -2.35. The number of carbonyl (C=O) groups excluding carboxylic acids is 3. The fraction of sp³-hybridized carbons (Fsp3) is 0.357. The number of alkyl halides is 3. The molecule has 2 aliphatic heterocycles. The van der Waals surface area contributed by atoms with Gasteiger partial charge in [-0.3, -0.25) is 19.1 Å². The average Bonchev–Trinajstić information content (AvgIpc) is 3.25. The Labute approximate surface area is 233 Å². The third kappa shape index (κ3) is 5.05. The summed E-state index contributed by atoms with van der Waals surface area (Å²) >= 11 is 5.74. The van der Waals surface area contributed by atoms with Crippen molar-refractivity contribution in [2.24, 2.45) is 0 Å². The number of fused-ring (bicyclic) bond motifs is 3. The van der Waals surface area contributed by atoms with Crippen LogP contribution in [0.25, 0.3) is 0 Å². The van der Waals surface area contributed by atoms with Crippen molar-refractivity contribution in [2.75, 3.05) is 11.9 Å². The number of amides is 3. The van der Waals surface area contributed by atoms with E-state index in [1.807, 2.05) is 19.1 Å². The molecule has 0 unspecified atom stereocenters. The van der Waals surface area contributed by atoms with Crippen molar-refractivity contribution in [2.45, 2.75) is 58.5 Å². The molecule has 12 heteroatoms. The van der Waals surface area contributed by atoms with Crippen LogP contribution < -0.4 is 5.32 Å². The molecule has 3 aromatic rings. The smallest absolute Gasteiger partial charge is 0.331 e. The summed E-state index contributed by atoms with van der Waals surface area (Å²) in [5.41, 5.74) is 2.05. The third-order valence-electron chi connectivity index (χ3n) is 7.46. The largest absolute Gasteiger partial charge is 0.417 e. The van der Waals surface area contributed by atoms with Gasteiger partial charge in [-0.25, -0.2) is 0 Å². The predicted molar refractivity (Wildman–Crippen MR) is 142 cm³/mol. The van der Waals surface area contributed by atoms with Crippen molar-refractivity contribution >= 4 is 35.0 Å². The van der Waals surface area contributed by atoms with E-state index in [0.717, 1.165) is 17.7 Å². The van der Waals surface area contributed by atoms with Gasteiger partial charge in [0.25, 0.3) is 11.8 Å². The maximum atomic E-state index is 13.8. The minimum Gasteiger partial charge on any atom is -0.331 e. The zero-order valence-corrected chi connectivity index (χ0v) is 22.8. The van der Waals surface area contributed by atoms with E-state index in [1.54, 1.807) is 28.6 Å². The van der Waals surface area contributed by atoms with Gasteiger partial charge in [0.15, 0.2) is 0 Å². The summed E-state index contributed by atoms with van der Waals surface area (Å²) in [6.45, 7) is 6.10. The first-order valence-electron chi connectivity index (χ1n) is 12.8. The molecule has 3 amide bonds. The molecule has 0 saturated heterocycles. The van der Waals surface area contributed by atoms with Gasteiger partial charge in [-0.2, -0.15) is 18.3 Å². The molecule has 40 heavy (non-hydrogen) atoms. The Kier molecular flexibility index (Phi) is 7.11. The van der Waals surface area contributed by atoms with Crippen molar-refractivity contribution in [3.05, 3.63) is 81.1 Å². The minimum atomic E-state index is -4.70. The fourth-order valence-corrected chi connectivity index (χ4v) is 5.57. The van der Waals surface area contributed by atoms with Crippen LogP contribution in [0, 0.1) is 0 Å². The van der Waals surface area contributed by atoms with E-state index >= 15 is 0 Å². The lowest BCUT2D eigenvalue weighted by molar-refractivity contribution is -0.137. The van der Waals surface area contributed by atoms with Crippen molar-refractivity contribution in [3.63, 3.8) is 0 Å². The predicted octanol–water partition coefficient (Wildman–Crippen LogP) is 5.32. The number of carbonyl (C=O) groups is 3. The molecule has 1 N–H and O–H groups in total. The van der Waals surface area contributed by atoms with Crippen molar-refractivity contribution in [1.82, 2.24) is 19.6 Å². The lowest BCUT2D eigenvalue weighted by atomic mass is 9.96. The molecule has 2 atom stereocenters. The highest BCUT2D eigenvalue weighted by Crippen LogP contribution is 2.37. The van der Waals surface area contributed by atoms with Gasteiger partial charge in [-0.15, -0.1) is 0 Å². The molecule has 3 heterocycles. The summed E-state index contributed by atoms with van der Waals surface area (Å²) in [4.78, 5) is 41.7. The van der Waals surface area contributed by atoms with Gasteiger partial charge >= 0.3 is 6.18 Å². The summed E-state index contributed by atoms with van der Waals surface area (Å²) in [6.07, 6.45) is -4.33. The first-order valence-corrected chi connectivity index (χ1v) is 13.2. The Bertz CT molecular complexity index is 1500. The molecule has 0 fully saturated rings. The number of anilines is 1. The molecule has 2 aromatic carbocycles. The minimum absolute atomic E-state index is 0.0496. The molecule has 8 nitrogen and oxygen atoms in total. The van der Waals surface area contributed by atoms with Crippen LogP contribution in [0.4, 0.5) is 18.9 Å². The van der Waals surface area contributed by atoms with Crippen LogP contribution in [-0.4, -0.2) is 49.9 Å². The van der Waals surface area contributed by atoms with Gasteiger partial charge in [0.1, 0.15) is 5.69 Å². The SMILES string of the molecule is CC(=O)Nc1ccc([C@@H](C)N2CCn3nc4c(c3C2=O)CN(C(=O)c2ccc(Cl)c(C(F)(F)F)c2)[C@H](C)C4)cc1. The number of aromatic nitrogens is 2. The monoisotopic (exact) mass is 573 g/mol. The van der Waals surface area contributed by atoms with Gasteiger partial charge < -0.3 is 15.1 Å². The molecule has 0 aliphatic carbocycles. The maximum Gasteiger partial charge on any atom is 0.417 e. The summed E-state index contributed by atoms with van der Waals surface area (Å²) in [6, 6.07) is 9.78. The lowest BCUT2D eigenvalue weighted by Crippen LogP contribution is -2.44. The van der Waals surface area contributed by atoms with Crippen LogP contribution in [-0.2, 0) is 30.5 Å². The molecule has 0 bridgehead atoms. The second-order valence-corrected chi connectivity index (χ2v) is 10.6. The molecule has 0 spiro atoms. The van der Waals surface area contributed by atoms with Gasteiger partial charge in [0.2, 0.25) is 5.91 Å². The number of rotatable bonds is 4. The number of nitrogens with one attached hydrogen (secondary N) is 1. The molecule has 0 saturated carbocycles. The normalized spacial score (nSPS) is 17.8. The molecular formula is C28H27ClF3N5O3. The summed E-state index contributed by atoms with van der Waals surface area (Å²) in [5, 5.41) is 6.89. The van der Waals surface area contributed by atoms with E-state index in [1.165, 1.54) is 17.9 Å². The van der Waals surface area contributed by atoms with E-state index < -0.39 is 22.7 Å². The van der Waals surface area contributed by atoms with Crippen molar-refractivity contribution in [1.29, 1.82) is 0 Å². The fourth-order valence-electron chi connectivity index (χ4n) is 5.35. The molecular weight excluding hydrogens is 547 g/mol. The highest BCUT2D eigenvalue weighted by Gasteiger charge is 2.39. The van der Waals surface area contributed by atoms with E-state index in [4.69, 9.17) is 11.6 Å². The number of hydrogen-bond acceptors (Lipinski definition) is 4. The van der Waals surface area contributed by atoms with E-state index in [0.29, 0.717) is 42.1 Å². The van der Waals surface area contributed by atoms with Crippen molar-refractivity contribution in [3.8, 4) is 0 Å². The zero-order valence-electron chi connectivity index (χ0n) is 22.1. The standard InChI is InChI=1S/C28H27ClF3N5O3/c1-15-12-24-21(14-36(15)26(39)19-6-9-23(29)22(13-19)28(30,31)32)25-27(40)35(10-11-37(25)34-24)16(2)18-4-7-20(8-5-18)33-17(3)38/h4-9,13,15-16H,10-12,14H2,1-3H3,(H,33,38)/t15-,16-/m1/s1. The van der Waals surface area contributed by atoms with Crippen LogP contribution in [0.5, 0.6) is 0 Å². The molecule has 210 valence electrons. The maximum absolute atomic E-state index is 13.8. The summed E-state index contributed by atoms with van der Waals surface area (Å²) < 4.78 is 41.9. The van der Waals surface area contributed by atoms with Gasteiger partial charge in [0.05, 0.1) is 35.4 Å². The summed E-state index contributed by atoms with van der Waals surface area (Å²) in [7, 11) is 0. The van der Waals surface area contributed by atoms with E-state index in [-0.39, 0.29) is 36.0 Å². The van der Waals surface area contributed by atoms with Crippen LogP contribution >= 0.6 is 11.6 Å². The highest BCUT2D eigenvalue weighted by atomic mass is 35.5. The quantitative estimate of drug-likeness (QED) is 0.458. The average molecular weight is 574 g/mol. The van der Waals surface area contributed by atoms with E-state index in [9.17, 15) is 27.6 Å². The first kappa shape index (κ1) is 27.7. The Morgan fingerprint density at radius 3 is 2.48 bits per heavy atom. The van der Waals surface area contributed by atoms with E-state index in [2.05, 4.69) is 10.4 Å². The number of nitrogens with zero attached hydrogens (tertiary/aromatic N) is 4. The molecule has 2 aliphatic rings. The molecule has 5 rings (SSSR count). The number of benzene rings is 2. The molecule has 1 aromatic heterocycles. The topological polar surface area (TPSA) is 87.5 Å². The van der Waals surface area contributed by atoms with Gasteiger partial charge in [-0.1, -0.05) is 23.7 Å². The Balaban J connectivity index is 1.40. The van der Waals surface area contributed by atoms with Crippen LogP contribution in [0.2, 0.25) is 5.02 Å². The second-order valence-electron chi connectivity index (χ2n) is 10.2. The highest BCUT2D eigenvalue weighted by molar-refractivity contribution is 6.31. The first-order chi connectivity index (χ1) is 18.8. The van der Waals surface area contributed by atoms with Crippen LogP contribution in [0.3, 0.4) is 0 Å². The van der Waals surface area contributed by atoms with Crippen LogP contribution in [0.1, 0.15) is 70.0 Å². The zero-order chi connectivity index (χ0) is 28.9. The van der Waals surface area contributed by atoms with Crippen molar-refractivity contribution < 1.29 is 27.6 Å². The van der Waals surface area contributed by atoms with Crippen LogP contribution in [0.15, 0.2) is 42.5 Å². The van der Waals surface area contributed by atoms with Gasteiger partial charge in [-0.05, 0) is 49.7 Å².